The summed E-state index contributed by atoms with van der Waals surface area (Å²) in [5.41, 5.74) is 0. The maximum absolute atomic E-state index is 8.99. The quantitative estimate of drug-likeness (QED) is 0.569. The molecule has 1 aliphatic rings. The first-order chi connectivity index (χ1) is 8.76. The molecule has 104 valence electrons. The number of hydrogen-bond donors (Lipinski definition) is 1. The average Bonchev–Trinajstić information content (AvgIpc) is 3.19. The number of nitriles is 1. The third-order valence-corrected chi connectivity index (χ3v) is 3.26. The Morgan fingerprint density at radius 1 is 1.44 bits per heavy atom. The van der Waals surface area contributed by atoms with E-state index in [1.54, 1.807) is 0 Å². The number of rotatable bonds is 11. The Morgan fingerprint density at radius 2 is 2.22 bits per heavy atom. The largest absolute Gasteiger partial charge is 0.380 e. The van der Waals surface area contributed by atoms with Gasteiger partial charge in [0, 0.05) is 19.7 Å². The molecule has 0 radical (unpaired) electrons. The van der Waals surface area contributed by atoms with E-state index in [0.29, 0.717) is 0 Å². The smallest absolute Gasteiger partial charge is 0.0965 e. The Hall–Kier alpha value is -0.630. The molecule has 4 heteroatoms. The molecule has 0 saturated heterocycles. The molecule has 1 N–H and O–H groups in total. The highest BCUT2D eigenvalue weighted by Crippen LogP contribution is 2.28. The van der Waals surface area contributed by atoms with Gasteiger partial charge in [0.2, 0.25) is 0 Å². The SMILES string of the molecule is CCCNC(C#N)CCN(C)CCOCC1CC1. The van der Waals surface area contributed by atoms with Crippen LogP contribution in [0.2, 0.25) is 0 Å². The van der Waals surface area contributed by atoms with Gasteiger partial charge in [0.15, 0.2) is 0 Å². The van der Waals surface area contributed by atoms with Gasteiger partial charge in [-0.2, -0.15) is 5.26 Å². The van der Waals surface area contributed by atoms with Crippen LogP contribution in [0.1, 0.15) is 32.6 Å². The lowest BCUT2D eigenvalue weighted by molar-refractivity contribution is 0.103. The van der Waals surface area contributed by atoms with E-state index in [2.05, 4.69) is 30.3 Å². The molecule has 1 aliphatic carbocycles. The molecule has 0 bridgehead atoms. The van der Waals surface area contributed by atoms with Gasteiger partial charge in [0.1, 0.15) is 0 Å². The van der Waals surface area contributed by atoms with Crippen LogP contribution in [0.3, 0.4) is 0 Å². The van der Waals surface area contributed by atoms with Crippen molar-refractivity contribution in [3.8, 4) is 6.07 Å². The van der Waals surface area contributed by atoms with Gasteiger partial charge in [0.25, 0.3) is 0 Å². The van der Waals surface area contributed by atoms with E-state index < -0.39 is 0 Å². The monoisotopic (exact) mass is 253 g/mol. The third-order valence-electron chi connectivity index (χ3n) is 3.26. The predicted octanol–water partition coefficient (Wildman–Crippen LogP) is 1.63. The first-order valence-electron chi connectivity index (χ1n) is 7.15. The number of nitrogens with one attached hydrogen (secondary N) is 1. The van der Waals surface area contributed by atoms with Crippen molar-refractivity contribution in [1.29, 1.82) is 5.26 Å². The lowest BCUT2D eigenvalue weighted by Gasteiger charge is -2.18. The molecule has 1 atom stereocenters. The molecule has 18 heavy (non-hydrogen) atoms. The second kappa shape index (κ2) is 9.32. The first kappa shape index (κ1) is 15.4. The fraction of sp³-hybridized carbons (Fsp3) is 0.929. The number of nitrogens with zero attached hydrogens (tertiary/aromatic N) is 2. The van der Waals surface area contributed by atoms with E-state index >= 15 is 0 Å². The van der Waals surface area contributed by atoms with Gasteiger partial charge in [-0.1, -0.05) is 6.92 Å². The molecule has 0 aromatic carbocycles. The Balaban J connectivity index is 1.96. The number of likely N-dealkylation sites (N-methyl/N-ethyl adjacent to an activating group) is 1. The molecule has 4 nitrogen and oxygen atoms in total. The Kier molecular flexibility index (Phi) is 7.99. The first-order valence-corrected chi connectivity index (χ1v) is 7.15. The highest BCUT2D eigenvalue weighted by atomic mass is 16.5. The summed E-state index contributed by atoms with van der Waals surface area (Å²) in [6.07, 6.45) is 4.66. The molecule has 0 aromatic heterocycles. The minimum absolute atomic E-state index is 0.0141. The van der Waals surface area contributed by atoms with Gasteiger partial charge in [-0.3, -0.25) is 0 Å². The lowest BCUT2D eigenvalue weighted by Crippen LogP contribution is -2.33. The lowest BCUT2D eigenvalue weighted by atomic mass is 10.2. The van der Waals surface area contributed by atoms with Crippen molar-refractivity contribution in [3.05, 3.63) is 0 Å². The van der Waals surface area contributed by atoms with Crippen LogP contribution in [0, 0.1) is 17.2 Å². The maximum atomic E-state index is 8.99. The molecular formula is C14H27N3O. The Labute approximate surface area is 111 Å². The molecule has 0 amide bonds. The van der Waals surface area contributed by atoms with Crippen LogP contribution in [0.5, 0.6) is 0 Å². The summed E-state index contributed by atoms with van der Waals surface area (Å²) in [7, 11) is 2.09. The Bertz CT molecular complexity index is 248. The Morgan fingerprint density at radius 3 is 2.83 bits per heavy atom. The van der Waals surface area contributed by atoms with Gasteiger partial charge in [-0.25, -0.2) is 0 Å². The van der Waals surface area contributed by atoms with Crippen molar-refractivity contribution < 1.29 is 4.74 Å². The molecular weight excluding hydrogens is 226 g/mol. The van der Waals surface area contributed by atoms with Crippen LogP contribution >= 0.6 is 0 Å². The van der Waals surface area contributed by atoms with E-state index in [1.165, 1.54) is 12.8 Å². The summed E-state index contributed by atoms with van der Waals surface area (Å²) in [4.78, 5) is 2.24. The van der Waals surface area contributed by atoms with Gasteiger partial charge in [-0.05, 0) is 45.2 Å². The second-order valence-electron chi connectivity index (χ2n) is 5.25. The minimum atomic E-state index is -0.0141. The standard InChI is InChI=1S/C14H27N3O/c1-3-7-16-14(11-15)6-8-17(2)9-10-18-12-13-4-5-13/h13-14,16H,3-10,12H2,1-2H3. The van der Waals surface area contributed by atoms with E-state index in [9.17, 15) is 0 Å². The molecule has 0 spiro atoms. The zero-order chi connectivity index (χ0) is 13.2. The fourth-order valence-corrected chi connectivity index (χ4v) is 1.75. The minimum Gasteiger partial charge on any atom is -0.380 e. The highest BCUT2D eigenvalue weighted by molar-refractivity contribution is 4.89. The molecule has 1 saturated carbocycles. The van der Waals surface area contributed by atoms with Gasteiger partial charge < -0.3 is 15.0 Å². The van der Waals surface area contributed by atoms with E-state index in [0.717, 1.165) is 51.6 Å². The van der Waals surface area contributed by atoms with Crippen LogP contribution in [0.15, 0.2) is 0 Å². The summed E-state index contributed by atoms with van der Waals surface area (Å²) >= 11 is 0. The van der Waals surface area contributed by atoms with Gasteiger partial charge in [0.05, 0.1) is 18.7 Å². The van der Waals surface area contributed by atoms with Crippen molar-refractivity contribution in [3.63, 3.8) is 0 Å². The van der Waals surface area contributed by atoms with Crippen molar-refractivity contribution in [1.82, 2.24) is 10.2 Å². The zero-order valence-electron chi connectivity index (χ0n) is 11.8. The van der Waals surface area contributed by atoms with E-state index in [-0.39, 0.29) is 6.04 Å². The molecule has 0 aliphatic heterocycles. The van der Waals surface area contributed by atoms with Crippen molar-refractivity contribution in [2.45, 2.75) is 38.6 Å². The summed E-state index contributed by atoms with van der Waals surface area (Å²) in [6, 6.07) is 2.30. The summed E-state index contributed by atoms with van der Waals surface area (Å²) < 4.78 is 5.60. The number of hydrogen-bond acceptors (Lipinski definition) is 4. The van der Waals surface area contributed by atoms with Gasteiger partial charge in [-0.15, -0.1) is 0 Å². The van der Waals surface area contributed by atoms with Crippen molar-refractivity contribution in [2.75, 3.05) is 39.9 Å². The molecule has 0 aromatic rings. The van der Waals surface area contributed by atoms with Crippen LogP contribution in [0.25, 0.3) is 0 Å². The topological polar surface area (TPSA) is 48.3 Å². The molecule has 1 fully saturated rings. The average molecular weight is 253 g/mol. The predicted molar refractivity (Wildman–Crippen MR) is 73.4 cm³/mol. The van der Waals surface area contributed by atoms with Crippen LogP contribution < -0.4 is 5.32 Å². The van der Waals surface area contributed by atoms with Gasteiger partial charge >= 0.3 is 0 Å². The zero-order valence-corrected chi connectivity index (χ0v) is 11.8. The van der Waals surface area contributed by atoms with E-state index in [1.807, 2.05) is 0 Å². The van der Waals surface area contributed by atoms with Crippen molar-refractivity contribution in [2.24, 2.45) is 5.92 Å². The summed E-state index contributed by atoms with van der Waals surface area (Å²) in [5, 5.41) is 12.2. The van der Waals surface area contributed by atoms with Crippen LogP contribution in [-0.4, -0.2) is 50.8 Å². The molecule has 0 heterocycles. The normalized spacial score (nSPS) is 16.8. The van der Waals surface area contributed by atoms with Crippen molar-refractivity contribution >= 4 is 0 Å². The van der Waals surface area contributed by atoms with Crippen LogP contribution in [-0.2, 0) is 4.74 Å². The summed E-state index contributed by atoms with van der Waals surface area (Å²) in [6.45, 7) is 6.69. The number of ether oxygens (including phenoxy) is 1. The molecule has 1 rings (SSSR count). The summed E-state index contributed by atoms with van der Waals surface area (Å²) in [5.74, 6) is 0.844. The van der Waals surface area contributed by atoms with Crippen LogP contribution in [0.4, 0.5) is 0 Å². The maximum Gasteiger partial charge on any atom is 0.0965 e. The highest BCUT2D eigenvalue weighted by Gasteiger charge is 2.20. The molecule has 1 unspecified atom stereocenters. The van der Waals surface area contributed by atoms with E-state index in [4.69, 9.17) is 10.00 Å². The third kappa shape index (κ3) is 7.65. The second-order valence-corrected chi connectivity index (χ2v) is 5.25. The fourth-order valence-electron chi connectivity index (χ4n) is 1.75.